The fourth-order valence-corrected chi connectivity index (χ4v) is 4.56. The molecule has 4 rings (SSSR count). The number of rotatable bonds is 8. The summed E-state index contributed by atoms with van der Waals surface area (Å²) in [7, 11) is 1.34. The Morgan fingerprint density at radius 2 is 2.00 bits per heavy atom. The quantitative estimate of drug-likeness (QED) is 0.575. The third-order valence-electron chi connectivity index (χ3n) is 6.13. The number of amides is 4. The van der Waals surface area contributed by atoms with Gasteiger partial charge in [0.05, 0.1) is 7.11 Å². The van der Waals surface area contributed by atoms with Gasteiger partial charge in [0.25, 0.3) is 5.91 Å². The smallest absolute Gasteiger partial charge is 0.387 e. The van der Waals surface area contributed by atoms with E-state index in [1.54, 1.807) is 12.1 Å². The molecule has 0 radical (unpaired) electrons. The standard InChI is InChI=1S/C24H25F2N3O5/c1-33-19-13-15(8-9-18(19)34-22(25)26)10-12-27-20(30)14-29-21(31)24(28-23(29)32)11-4-6-16-5-2-3-7-17(16)24/h2-3,5,7-9,13,22H,4,6,10-12,14H2,1H3,(H,27,30)(H,28,32). The number of ether oxygens (including phenoxy) is 2. The van der Waals surface area contributed by atoms with Crippen LogP contribution >= 0.6 is 0 Å². The van der Waals surface area contributed by atoms with E-state index in [1.165, 1.54) is 13.2 Å². The highest BCUT2D eigenvalue weighted by Crippen LogP contribution is 2.39. The summed E-state index contributed by atoms with van der Waals surface area (Å²) in [6, 6.07) is 11.5. The zero-order chi connectivity index (χ0) is 24.3. The van der Waals surface area contributed by atoms with Gasteiger partial charge in [0.15, 0.2) is 11.5 Å². The summed E-state index contributed by atoms with van der Waals surface area (Å²) in [6.45, 7) is -3.14. The fourth-order valence-electron chi connectivity index (χ4n) is 4.56. The number of alkyl halides is 2. The molecular formula is C24H25F2N3O5. The van der Waals surface area contributed by atoms with Crippen LogP contribution in [-0.4, -0.2) is 49.6 Å². The van der Waals surface area contributed by atoms with Crippen LogP contribution in [0.15, 0.2) is 42.5 Å². The molecule has 10 heteroatoms. The average Bonchev–Trinajstić information content (AvgIpc) is 3.04. The Balaban J connectivity index is 1.35. The van der Waals surface area contributed by atoms with Crippen LogP contribution < -0.4 is 20.1 Å². The van der Waals surface area contributed by atoms with E-state index in [1.807, 2.05) is 24.3 Å². The van der Waals surface area contributed by atoms with Crippen molar-refractivity contribution in [3.63, 3.8) is 0 Å². The lowest BCUT2D eigenvalue weighted by Gasteiger charge is -2.33. The number of hydrogen-bond acceptors (Lipinski definition) is 5. The predicted octanol–water partition coefficient (Wildman–Crippen LogP) is 2.74. The number of methoxy groups -OCH3 is 1. The lowest BCUT2D eigenvalue weighted by molar-refractivity contribution is -0.135. The van der Waals surface area contributed by atoms with Crippen molar-refractivity contribution in [3.8, 4) is 11.5 Å². The molecule has 4 amide bonds. The highest BCUT2D eigenvalue weighted by molar-refractivity contribution is 6.09. The molecule has 1 spiro atoms. The molecule has 1 atom stereocenters. The number of hydrogen-bond donors (Lipinski definition) is 2. The van der Waals surface area contributed by atoms with Gasteiger partial charge in [-0.3, -0.25) is 14.5 Å². The van der Waals surface area contributed by atoms with E-state index in [4.69, 9.17) is 4.74 Å². The van der Waals surface area contributed by atoms with Crippen molar-refractivity contribution in [3.05, 3.63) is 59.2 Å². The molecule has 2 aliphatic rings. The Morgan fingerprint density at radius 3 is 2.76 bits per heavy atom. The lowest BCUT2D eigenvalue weighted by Crippen LogP contribution is -2.47. The lowest BCUT2D eigenvalue weighted by atomic mass is 9.76. The van der Waals surface area contributed by atoms with Gasteiger partial charge in [-0.05, 0) is 54.5 Å². The second-order valence-electron chi connectivity index (χ2n) is 8.20. The van der Waals surface area contributed by atoms with Crippen molar-refractivity contribution in [2.24, 2.45) is 0 Å². The molecule has 1 heterocycles. The Kier molecular flexibility index (Phi) is 6.67. The molecule has 2 aromatic carbocycles. The maximum absolute atomic E-state index is 13.2. The predicted molar refractivity (Wildman–Crippen MR) is 118 cm³/mol. The number of nitrogens with one attached hydrogen (secondary N) is 2. The van der Waals surface area contributed by atoms with Gasteiger partial charge >= 0.3 is 12.6 Å². The molecule has 2 aromatic rings. The molecule has 34 heavy (non-hydrogen) atoms. The number of carbonyl (C=O) groups excluding carboxylic acids is 3. The zero-order valence-corrected chi connectivity index (χ0v) is 18.6. The molecule has 1 fully saturated rings. The van der Waals surface area contributed by atoms with Crippen LogP contribution in [0.3, 0.4) is 0 Å². The normalized spacial score (nSPS) is 19.2. The second kappa shape index (κ2) is 9.66. The van der Waals surface area contributed by atoms with Crippen molar-refractivity contribution >= 4 is 17.8 Å². The summed E-state index contributed by atoms with van der Waals surface area (Å²) in [4.78, 5) is 39.3. The molecule has 2 N–H and O–H groups in total. The topological polar surface area (TPSA) is 97.0 Å². The SMILES string of the molecule is COc1cc(CCNC(=O)CN2C(=O)NC3(CCCc4ccccc43)C2=O)ccc1OC(F)F. The number of halogens is 2. The summed E-state index contributed by atoms with van der Waals surface area (Å²) in [5.41, 5.74) is 1.42. The van der Waals surface area contributed by atoms with Gasteiger partial charge in [0, 0.05) is 6.54 Å². The van der Waals surface area contributed by atoms with E-state index in [0.29, 0.717) is 12.8 Å². The van der Waals surface area contributed by atoms with Crippen LogP contribution in [0.1, 0.15) is 29.5 Å². The molecule has 180 valence electrons. The summed E-state index contributed by atoms with van der Waals surface area (Å²) in [6.07, 6.45) is 2.46. The number of aryl methyl sites for hydroxylation is 1. The van der Waals surface area contributed by atoms with Gasteiger partial charge in [-0.2, -0.15) is 8.78 Å². The van der Waals surface area contributed by atoms with Crippen LogP contribution in [0.5, 0.6) is 11.5 Å². The van der Waals surface area contributed by atoms with Gasteiger partial charge in [-0.25, -0.2) is 4.79 Å². The minimum atomic E-state index is -2.97. The first kappa shape index (κ1) is 23.5. The number of carbonyl (C=O) groups is 3. The highest BCUT2D eigenvalue weighted by atomic mass is 19.3. The van der Waals surface area contributed by atoms with Crippen molar-refractivity contribution < 1.29 is 32.6 Å². The van der Waals surface area contributed by atoms with Gasteiger partial charge in [0.1, 0.15) is 12.1 Å². The molecule has 8 nitrogen and oxygen atoms in total. The number of benzene rings is 2. The number of fused-ring (bicyclic) bond motifs is 2. The van der Waals surface area contributed by atoms with Gasteiger partial charge in [-0.15, -0.1) is 0 Å². The molecule has 1 unspecified atom stereocenters. The van der Waals surface area contributed by atoms with Crippen LogP contribution in [0, 0.1) is 0 Å². The van der Waals surface area contributed by atoms with Gasteiger partial charge in [-0.1, -0.05) is 30.3 Å². The summed E-state index contributed by atoms with van der Waals surface area (Å²) < 4.78 is 34.4. The summed E-state index contributed by atoms with van der Waals surface area (Å²) >= 11 is 0. The van der Waals surface area contributed by atoms with E-state index >= 15 is 0 Å². The van der Waals surface area contributed by atoms with Crippen molar-refractivity contribution in [2.45, 2.75) is 37.8 Å². The first-order chi connectivity index (χ1) is 16.3. The molecule has 1 aliphatic heterocycles. The number of nitrogens with zero attached hydrogens (tertiary/aromatic N) is 1. The third-order valence-corrected chi connectivity index (χ3v) is 6.13. The van der Waals surface area contributed by atoms with Crippen molar-refractivity contribution in [1.82, 2.24) is 15.5 Å². The minimum absolute atomic E-state index is 0.0814. The van der Waals surface area contributed by atoms with Crippen molar-refractivity contribution in [1.29, 1.82) is 0 Å². The average molecular weight is 473 g/mol. The van der Waals surface area contributed by atoms with E-state index in [9.17, 15) is 23.2 Å². The van der Waals surface area contributed by atoms with Crippen LogP contribution in [-0.2, 0) is 28.0 Å². The Morgan fingerprint density at radius 1 is 1.21 bits per heavy atom. The van der Waals surface area contributed by atoms with Crippen LogP contribution in [0.25, 0.3) is 0 Å². The minimum Gasteiger partial charge on any atom is -0.493 e. The Bertz CT molecular complexity index is 1110. The summed E-state index contributed by atoms with van der Waals surface area (Å²) in [5.74, 6) is -0.822. The second-order valence-corrected chi connectivity index (χ2v) is 8.20. The third kappa shape index (κ3) is 4.52. The zero-order valence-electron chi connectivity index (χ0n) is 18.6. The molecule has 0 bridgehead atoms. The monoisotopic (exact) mass is 473 g/mol. The number of imide groups is 1. The first-order valence-corrected chi connectivity index (χ1v) is 10.9. The Hall–Kier alpha value is -3.69. The van der Waals surface area contributed by atoms with Gasteiger partial charge in [0.2, 0.25) is 5.91 Å². The van der Waals surface area contributed by atoms with E-state index < -0.39 is 30.0 Å². The first-order valence-electron chi connectivity index (χ1n) is 10.9. The molecule has 1 saturated heterocycles. The van der Waals surface area contributed by atoms with Gasteiger partial charge < -0.3 is 20.1 Å². The highest BCUT2D eigenvalue weighted by Gasteiger charge is 2.54. The summed E-state index contributed by atoms with van der Waals surface area (Å²) in [5, 5.41) is 5.51. The van der Waals surface area contributed by atoms with E-state index in [-0.39, 0.29) is 24.6 Å². The van der Waals surface area contributed by atoms with Crippen LogP contribution in [0.4, 0.5) is 13.6 Å². The maximum atomic E-state index is 13.2. The molecule has 0 saturated carbocycles. The van der Waals surface area contributed by atoms with E-state index in [0.717, 1.165) is 34.4 Å². The molecule has 1 aliphatic carbocycles. The maximum Gasteiger partial charge on any atom is 0.387 e. The Labute approximate surface area is 195 Å². The van der Waals surface area contributed by atoms with Crippen LogP contribution in [0.2, 0.25) is 0 Å². The van der Waals surface area contributed by atoms with Crippen molar-refractivity contribution in [2.75, 3.05) is 20.2 Å². The molecular weight excluding hydrogens is 448 g/mol. The molecule has 0 aromatic heterocycles. The number of urea groups is 1. The fraction of sp³-hybridized carbons (Fsp3) is 0.375. The largest absolute Gasteiger partial charge is 0.493 e. The van der Waals surface area contributed by atoms with E-state index in [2.05, 4.69) is 15.4 Å².